The molecule has 2 saturated carbocycles. The molecule has 0 aliphatic heterocycles. The maximum Gasteiger partial charge on any atom is 0.156 e. The third kappa shape index (κ3) is 2.12. The van der Waals surface area contributed by atoms with E-state index in [9.17, 15) is 9.90 Å². The van der Waals surface area contributed by atoms with Gasteiger partial charge in [0, 0.05) is 6.42 Å². The van der Waals surface area contributed by atoms with Gasteiger partial charge < -0.3 is 9.84 Å². The molecule has 3 heteroatoms. The van der Waals surface area contributed by atoms with E-state index < -0.39 is 0 Å². The molecule has 0 aromatic rings. The van der Waals surface area contributed by atoms with Crippen LogP contribution in [0, 0.1) is 28.6 Å². The van der Waals surface area contributed by atoms with E-state index in [0.29, 0.717) is 30.0 Å². The molecule has 6 atom stereocenters. The zero-order valence-corrected chi connectivity index (χ0v) is 14.3. The number of carbonyl (C=O) groups is 1. The average Bonchev–Trinajstić information content (AvgIpc) is 2.85. The molecule has 4 aliphatic carbocycles. The average molecular weight is 316 g/mol. The highest BCUT2D eigenvalue weighted by atomic mass is 16.6. The van der Waals surface area contributed by atoms with Crippen LogP contribution in [0.4, 0.5) is 0 Å². The van der Waals surface area contributed by atoms with E-state index in [1.54, 1.807) is 0 Å². The van der Waals surface area contributed by atoms with Crippen LogP contribution in [0.25, 0.3) is 0 Å². The maximum absolute atomic E-state index is 11.8. The summed E-state index contributed by atoms with van der Waals surface area (Å²) in [5, 5.41) is 9.21. The molecule has 0 bridgehead atoms. The van der Waals surface area contributed by atoms with E-state index in [1.807, 2.05) is 6.08 Å². The van der Waals surface area contributed by atoms with Gasteiger partial charge >= 0.3 is 0 Å². The van der Waals surface area contributed by atoms with E-state index in [1.165, 1.54) is 24.8 Å². The molecule has 4 aliphatic rings. The van der Waals surface area contributed by atoms with Gasteiger partial charge in [-0.15, -0.1) is 0 Å². The lowest BCUT2D eigenvalue weighted by atomic mass is 9.49. The second-order valence-corrected chi connectivity index (χ2v) is 8.54. The van der Waals surface area contributed by atoms with E-state index in [-0.39, 0.29) is 23.7 Å². The van der Waals surface area contributed by atoms with Crippen LogP contribution in [0.1, 0.15) is 52.4 Å². The number of aliphatic hydroxyl groups is 1. The second-order valence-electron chi connectivity index (χ2n) is 8.54. The Morgan fingerprint density at radius 2 is 2.04 bits per heavy atom. The molecule has 23 heavy (non-hydrogen) atoms. The summed E-state index contributed by atoms with van der Waals surface area (Å²) in [5.74, 6) is 2.18. The lowest BCUT2D eigenvalue weighted by molar-refractivity contribution is -0.122. The van der Waals surface area contributed by atoms with Crippen LogP contribution in [0.3, 0.4) is 0 Å². The Labute approximate surface area is 138 Å². The van der Waals surface area contributed by atoms with Crippen molar-refractivity contribution in [3.05, 3.63) is 23.8 Å². The van der Waals surface area contributed by atoms with Crippen molar-refractivity contribution in [1.29, 1.82) is 0 Å². The summed E-state index contributed by atoms with van der Waals surface area (Å²) in [4.78, 5) is 11.8. The summed E-state index contributed by atoms with van der Waals surface area (Å²) in [5.41, 5.74) is 1.63. The summed E-state index contributed by atoms with van der Waals surface area (Å²) in [6.07, 6.45) is 13.1. The van der Waals surface area contributed by atoms with Gasteiger partial charge in [0.2, 0.25) is 0 Å². The lowest BCUT2D eigenvalue weighted by Crippen LogP contribution is -2.50. The zero-order chi connectivity index (χ0) is 16.2. The van der Waals surface area contributed by atoms with Crippen LogP contribution in [0.5, 0.6) is 0 Å². The molecule has 2 fully saturated rings. The maximum atomic E-state index is 11.8. The number of hydrogen-bond acceptors (Lipinski definition) is 3. The van der Waals surface area contributed by atoms with Crippen molar-refractivity contribution in [2.24, 2.45) is 28.6 Å². The fourth-order valence-corrected chi connectivity index (χ4v) is 6.31. The molecule has 126 valence electrons. The molecule has 0 heterocycles. The van der Waals surface area contributed by atoms with Gasteiger partial charge in [0.15, 0.2) is 5.78 Å². The van der Waals surface area contributed by atoms with Gasteiger partial charge in [-0.1, -0.05) is 26.0 Å². The molecule has 0 aromatic heterocycles. The van der Waals surface area contributed by atoms with Crippen LogP contribution in [-0.2, 0) is 9.53 Å². The largest absolute Gasteiger partial charge is 0.371 e. The smallest absolute Gasteiger partial charge is 0.156 e. The minimum atomic E-state index is -0.163. The molecule has 4 rings (SSSR count). The van der Waals surface area contributed by atoms with Crippen molar-refractivity contribution < 1.29 is 14.6 Å². The summed E-state index contributed by atoms with van der Waals surface area (Å²) < 4.78 is 5.68. The summed E-state index contributed by atoms with van der Waals surface area (Å²) in [7, 11) is 0. The number of aliphatic hydroxyl groups excluding tert-OH is 1. The first-order chi connectivity index (χ1) is 11.0. The van der Waals surface area contributed by atoms with Gasteiger partial charge in [-0.25, -0.2) is 0 Å². The number of carbonyl (C=O) groups excluding carboxylic acids is 1. The molecule has 3 unspecified atom stereocenters. The third-order valence-electron chi connectivity index (χ3n) is 7.70. The molecule has 3 nitrogen and oxygen atoms in total. The first kappa shape index (κ1) is 15.6. The topological polar surface area (TPSA) is 46.5 Å². The first-order valence-electron chi connectivity index (χ1n) is 9.15. The van der Waals surface area contributed by atoms with Gasteiger partial charge in [-0.05, 0) is 72.3 Å². The number of rotatable bonds is 2. The molecular weight excluding hydrogens is 288 g/mol. The van der Waals surface area contributed by atoms with E-state index in [0.717, 1.165) is 12.8 Å². The van der Waals surface area contributed by atoms with Crippen LogP contribution >= 0.6 is 0 Å². The number of ether oxygens (including phenoxy) is 1. The van der Waals surface area contributed by atoms with Crippen molar-refractivity contribution in [3.63, 3.8) is 0 Å². The summed E-state index contributed by atoms with van der Waals surface area (Å²) in [6, 6.07) is 0. The zero-order valence-electron chi connectivity index (χ0n) is 14.3. The first-order valence-corrected chi connectivity index (χ1v) is 9.15. The monoisotopic (exact) mass is 316 g/mol. The Morgan fingerprint density at radius 3 is 2.83 bits per heavy atom. The molecule has 0 amide bonds. The molecular formula is C20H28O3. The van der Waals surface area contributed by atoms with E-state index in [4.69, 9.17) is 4.74 Å². The molecule has 1 N–H and O–H groups in total. The van der Waals surface area contributed by atoms with Gasteiger partial charge in [0.25, 0.3) is 0 Å². The van der Waals surface area contributed by atoms with Crippen LogP contribution in [0.2, 0.25) is 0 Å². The Bertz CT molecular complexity index is 577. The third-order valence-corrected chi connectivity index (χ3v) is 7.70. The highest BCUT2D eigenvalue weighted by Crippen LogP contribution is 2.63. The fraction of sp³-hybridized carbons (Fsp3) is 0.750. The van der Waals surface area contributed by atoms with E-state index in [2.05, 4.69) is 26.0 Å². The number of ketones is 1. The summed E-state index contributed by atoms with van der Waals surface area (Å²) >= 11 is 0. The van der Waals surface area contributed by atoms with Crippen molar-refractivity contribution in [2.75, 3.05) is 6.79 Å². The minimum Gasteiger partial charge on any atom is -0.371 e. The minimum absolute atomic E-state index is 0.163. The molecule has 0 aromatic carbocycles. The number of allylic oxidation sites excluding steroid dienone is 4. The van der Waals surface area contributed by atoms with Crippen LogP contribution in [0.15, 0.2) is 23.8 Å². The highest BCUT2D eigenvalue weighted by molar-refractivity contribution is 5.92. The van der Waals surface area contributed by atoms with Crippen LogP contribution < -0.4 is 0 Å². The van der Waals surface area contributed by atoms with E-state index >= 15 is 0 Å². The lowest BCUT2D eigenvalue weighted by Gasteiger charge is -2.55. The van der Waals surface area contributed by atoms with Gasteiger partial charge in [0.1, 0.15) is 6.79 Å². The quantitative estimate of drug-likeness (QED) is 0.791. The predicted molar refractivity (Wildman–Crippen MR) is 88.6 cm³/mol. The Balaban J connectivity index is 1.68. The van der Waals surface area contributed by atoms with Gasteiger partial charge in [0.05, 0.1) is 6.10 Å². The normalized spacial score (nSPS) is 48.5. The SMILES string of the molecule is C[C@]12CCC(=O)C=C1C=CC1C2CC[C@@]2(C)C1CC[C@@H]2OCO. The van der Waals surface area contributed by atoms with Gasteiger partial charge in [-0.2, -0.15) is 0 Å². The molecule has 0 saturated heterocycles. The van der Waals surface area contributed by atoms with Crippen molar-refractivity contribution in [2.45, 2.75) is 58.5 Å². The van der Waals surface area contributed by atoms with Crippen molar-refractivity contribution >= 4 is 5.78 Å². The molecule has 0 spiro atoms. The predicted octanol–water partition coefficient (Wildman–Crippen LogP) is 3.63. The van der Waals surface area contributed by atoms with Crippen LogP contribution in [-0.4, -0.2) is 23.8 Å². The Kier molecular flexibility index (Phi) is 3.58. The number of hydrogen-bond donors (Lipinski definition) is 1. The molecule has 0 radical (unpaired) electrons. The van der Waals surface area contributed by atoms with Gasteiger partial charge in [-0.3, -0.25) is 4.79 Å². The number of fused-ring (bicyclic) bond motifs is 5. The summed E-state index contributed by atoms with van der Waals surface area (Å²) in [6.45, 7) is 4.59. The Morgan fingerprint density at radius 1 is 1.22 bits per heavy atom. The van der Waals surface area contributed by atoms with Crippen molar-refractivity contribution in [3.8, 4) is 0 Å². The van der Waals surface area contributed by atoms with Crippen molar-refractivity contribution in [1.82, 2.24) is 0 Å². The standard InChI is InChI=1S/C20H28O3/c1-19-9-7-14(22)11-13(19)3-4-15-16-5-6-18(23-12-21)20(16,2)10-8-17(15)19/h3-4,11,15-18,21H,5-10,12H2,1-2H3/t15?,16?,17?,18-,19-,20-/m0/s1. The second kappa shape index (κ2) is 5.29. The fourth-order valence-electron chi connectivity index (χ4n) is 6.31. The Hall–Kier alpha value is -0.930. The highest BCUT2D eigenvalue weighted by Gasteiger charge is 2.58.